The van der Waals surface area contributed by atoms with Crippen molar-refractivity contribution in [2.75, 3.05) is 14.2 Å². The Balaban J connectivity index is 2.29. The predicted octanol–water partition coefficient (Wildman–Crippen LogP) is 2.94. The monoisotopic (exact) mass is 237 g/mol. The first-order chi connectivity index (χ1) is 8.19. The fourth-order valence-electron chi connectivity index (χ4n) is 2.98. The van der Waals surface area contributed by atoms with Gasteiger partial charge in [0.15, 0.2) is 11.6 Å². The number of methoxy groups -OCH3 is 1. The number of benzene rings is 1. The van der Waals surface area contributed by atoms with Gasteiger partial charge in [0, 0.05) is 6.04 Å². The molecule has 1 aromatic carbocycles. The van der Waals surface area contributed by atoms with Gasteiger partial charge in [-0.15, -0.1) is 0 Å². The van der Waals surface area contributed by atoms with Gasteiger partial charge in [-0.3, -0.25) is 0 Å². The zero-order valence-corrected chi connectivity index (χ0v) is 10.7. The van der Waals surface area contributed by atoms with Crippen LogP contribution in [0, 0.1) is 11.7 Å². The van der Waals surface area contributed by atoms with Gasteiger partial charge in [-0.1, -0.05) is 19.1 Å². The number of rotatable bonds is 3. The Kier molecular flexibility index (Phi) is 3.67. The molecule has 0 aliphatic heterocycles. The van der Waals surface area contributed by atoms with Gasteiger partial charge in [0.2, 0.25) is 0 Å². The Hall–Kier alpha value is -1.09. The van der Waals surface area contributed by atoms with Gasteiger partial charge in [0.25, 0.3) is 0 Å². The highest BCUT2D eigenvalue weighted by molar-refractivity contribution is 5.34. The lowest BCUT2D eigenvalue weighted by Gasteiger charge is -2.21. The largest absolute Gasteiger partial charge is 0.494 e. The van der Waals surface area contributed by atoms with Crippen LogP contribution in [0.15, 0.2) is 18.2 Å². The first-order valence-corrected chi connectivity index (χ1v) is 6.18. The molecule has 0 aromatic heterocycles. The summed E-state index contributed by atoms with van der Waals surface area (Å²) in [5, 5.41) is 3.31. The van der Waals surface area contributed by atoms with E-state index in [0.29, 0.717) is 23.6 Å². The summed E-state index contributed by atoms with van der Waals surface area (Å²) in [5.74, 6) is 0.912. The van der Waals surface area contributed by atoms with Crippen molar-refractivity contribution in [3.05, 3.63) is 29.6 Å². The van der Waals surface area contributed by atoms with Crippen molar-refractivity contribution in [1.29, 1.82) is 0 Å². The Bertz CT molecular complexity index is 394. The molecule has 1 aliphatic carbocycles. The molecular weight excluding hydrogens is 217 g/mol. The molecule has 3 unspecified atom stereocenters. The highest BCUT2D eigenvalue weighted by Crippen LogP contribution is 2.41. The van der Waals surface area contributed by atoms with Crippen molar-refractivity contribution < 1.29 is 9.13 Å². The third kappa shape index (κ3) is 2.16. The minimum Gasteiger partial charge on any atom is -0.494 e. The Morgan fingerprint density at radius 3 is 2.71 bits per heavy atom. The molecule has 94 valence electrons. The molecule has 0 spiro atoms. The zero-order chi connectivity index (χ0) is 12.4. The lowest BCUT2D eigenvalue weighted by atomic mass is 9.88. The molecule has 2 nitrogen and oxygen atoms in total. The second-order valence-corrected chi connectivity index (χ2v) is 4.80. The average Bonchev–Trinajstić information content (AvgIpc) is 2.71. The van der Waals surface area contributed by atoms with E-state index < -0.39 is 0 Å². The van der Waals surface area contributed by atoms with E-state index in [1.54, 1.807) is 6.07 Å². The van der Waals surface area contributed by atoms with Crippen LogP contribution in [0.5, 0.6) is 5.75 Å². The minimum atomic E-state index is -0.191. The van der Waals surface area contributed by atoms with E-state index >= 15 is 0 Å². The molecule has 1 aromatic rings. The van der Waals surface area contributed by atoms with Gasteiger partial charge in [-0.05, 0) is 43.4 Å². The van der Waals surface area contributed by atoms with E-state index in [1.807, 2.05) is 19.2 Å². The SMILES string of the molecule is CNC1CCC(c2cccc(OC)c2F)C1C. The predicted molar refractivity (Wildman–Crippen MR) is 66.9 cm³/mol. The van der Waals surface area contributed by atoms with Crippen LogP contribution in [0.25, 0.3) is 0 Å². The van der Waals surface area contributed by atoms with Crippen LogP contribution in [0.2, 0.25) is 0 Å². The second kappa shape index (κ2) is 5.05. The van der Waals surface area contributed by atoms with Crippen molar-refractivity contribution in [3.8, 4) is 5.75 Å². The number of hydrogen-bond donors (Lipinski definition) is 1. The van der Waals surface area contributed by atoms with E-state index in [-0.39, 0.29) is 5.82 Å². The number of hydrogen-bond acceptors (Lipinski definition) is 2. The van der Waals surface area contributed by atoms with E-state index in [4.69, 9.17) is 4.74 Å². The lowest BCUT2D eigenvalue weighted by Crippen LogP contribution is -2.29. The molecule has 1 aliphatic rings. The van der Waals surface area contributed by atoms with Crippen LogP contribution < -0.4 is 10.1 Å². The Morgan fingerprint density at radius 2 is 2.12 bits per heavy atom. The smallest absolute Gasteiger partial charge is 0.168 e. The standard InChI is InChI=1S/C14H20FNO/c1-9-10(7-8-12(9)16-2)11-5-4-6-13(17-3)14(11)15/h4-6,9-10,12,16H,7-8H2,1-3H3. The Morgan fingerprint density at radius 1 is 1.35 bits per heavy atom. The summed E-state index contributed by atoms with van der Waals surface area (Å²) < 4.78 is 19.2. The maximum Gasteiger partial charge on any atom is 0.168 e. The molecule has 1 fully saturated rings. The molecular formula is C14H20FNO. The first kappa shape index (κ1) is 12.4. The van der Waals surface area contributed by atoms with Crippen molar-refractivity contribution in [2.24, 2.45) is 5.92 Å². The van der Waals surface area contributed by atoms with E-state index in [0.717, 1.165) is 18.4 Å². The summed E-state index contributed by atoms with van der Waals surface area (Å²) in [6.45, 7) is 2.19. The van der Waals surface area contributed by atoms with Crippen molar-refractivity contribution in [3.63, 3.8) is 0 Å². The zero-order valence-electron chi connectivity index (χ0n) is 10.7. The van der Waals surface area contributed by atoms with Crippen LogP contribution in [-0.2, 0) is 0 Å². The summed E-state index contributed by atoms with van der Waals surface area (Å²) in [4.78, 5) is 0. The summed E-state index contributed by atoms with van der Waals surface area (Å²) >= 11 is 0. The molecule has 17 heavy (non-hydrogen) atoms. The summed E-state index contributed by atoms with van der Waals surface area (Å²) in [6, 6.07) is 5.92. The fourth-order valence-corrected chi connectivity index (χ4v) is 2.98. The maximum absolute atomic E-state index is 14.2. The van der Waals surface area contributed by atoms with Crippen LogP contribution in [0.1, 0.15) is 31.2 Å². The van der Waals surface area contributed by atoms with Crippen LogP contribution in [0.3, 0.4) is 0 Å². The van der Waals surface area contributed by atoms with Crippen molar-refractivity contribution in [1.82, 2.24) is 5.32 Å². The average molecular weight is 237 g/mol. The molecule has 0 amide bonds. The fraction of sp³-hybridized carbons (Fsp3) is 0.571. The van der Waals surface area contributed by atoms with E-state index in [2.05, 4.69) is 12.2 Å². The topological polar surface area (TPSA) is 21.3 Å². The minimum absolute atomic E-state index is 0.191. The normalized spacial score (nSPS) is 28.4. The van der Waals surface area contributed by atoms with E-state index in [9.17, 15) is 4.39 Å². The van der Waals surface area contributed by atoms with Gasteiger partial charge in [-0.25, -0.2) is 4.39 Å². The maximum atomic E-state index is 14.2. The van der Waals surface area contributed by atoms with Gasteiger partial charge in [0.1, 0.15) is 0 Å². The van der Waals surface area contributed by atoms with Gasteiger partial charge in [0.05, 0.1) is 7.11 Å². The highest BCUT2D eigenvalue weighted by Gasteiger charge is 2.34. The molecule has 0 heterocycles. The molecule has 0 radical (unpaired) electrons. The van der Waals surface area contributed by atoms with E-state index in [1.165, 1.54) is 7.11 Å². The van der Waals surface area contributed by atoms with Crippen LogP contribution >= 0.6 is 0 Å². The quantitative estimate of drug-likeness (QED) is 0.872. The lowest BCUT2D eigenvalue weighted by molar-refractivity contribution is 0.375. The molecule has 3 heteroatoms. The van der Waals surface area contributed by atoms with Crippen LogP contribution in [-0.4, -0.2) is 20.2 Å². The van der Waals surface area contributed by atoms with Crippen molar-refractivity contribution >= 4 is 0 Å². The molecule has 0 bridgehead atoms. The molecule has 1 saturated carbocycles. The molecule has 2 rings (SSSR count). The molecule has 0 saturated heterocycles. The number of ether oxygens (including phenoxy) is 1. The highest BCUT2D eigenvalue weighted by atomic mass is 19.1. The third-order valence-corrected chi connectivity index (χ3v) is 4.04. The summed E-state index contributed by atoms with van der Waals surface area (Å²) in [7, 11) is 3.49. The van der Waals surface area contributed by atoms with Crippen LogP contribution in [0.4, 0.5) is 4.39 Å². The molecule has 3 atom stereocenters. The summed E-state index contributed by atoms with van der Waals surface area (Å²) in [6.07, 6.45) is 2.15. The first-order valence-electron chi connectivity index (χ1n) is 6.18. The number of halogens is 1. The summed E-state index contributed by atoms with van der Waals surface area (Å²) in [5.41, 5.74) is 0.801. The second-order valence-electron chi connectivity index (χ2n) is 4.80. The van der Waals surface area contributed by atoms with Gasteiger partial charge in [-0.2, -0.15) is 0 Å². The van der Waals surface area contributed by atoms with Crippen molar-refractivity contribution in [2.45, 2.75) is 31.7 Å². The molecule has 1 N–H and O–H groups in total. The van der Waals surface area contributed by atoms with Gasteiger partial charge >= 0.3 is 0 Å². The Labute approximate surface area is 102 Å². The number of nitrogens with one attached hydrogen (secondary N) is 1. The third-order valence-electron chi connectivity index (χ3n) is 4.04. The van der Waals surface area contributed by atoms with Gasteiger partial charge < -0.3 is 10.1 Å².